The van der Waals surface area contributed by atoms with Crippen LogP contribution in [-0.4, -0.2) is 12.5 Å². The fourth-order valence-corrected chi connectivity index (χ4v) is 1.19. The Hall–Kier alpha value is -1.31. The Bertz CT molecular complexity index is 347. The van der Waals surface area contributed by atoms with Gasteiger partial charge < -0.3 is 5.32 Å². The Labute approximate surface area is 91.0 Å². The molecule has 0 bridgehead atoms. The number of rotatable bonds is 4. The minimum Gasteiger partial charge on any atom is -0.356 e. The number of carbonyl (C=O) groups is 1. The molecule has 0 atom stereocenters. The lowest BCUT2D eigenvalue weighted by Crippen LogP contribution is -2.22. The molecule has 0 fully saturated rings. The van der Waals surface area contributed by atoms with Gasteiger partial charge in [0.2, 0.25) is 5.91 Å². The van der Waals surface area contributed by atoms with E-state index >= 15 is 0 Å². The van der Waals surface area contributed by atoms with E-state index in [1.165, 1.54) is 10.4 Å². The molecule has 1 N–H and O–H groups in total. The summed E-state index contributed by atoms with van der Waals surface area (Å²) in [6, 6.07) is 8.48. The minimum atomic E-state index is 0.156. The minimum absolute atomic E-state index is 0.156. The second kappa shape index (κ2) is 6.23. The van der Waals surface area contributed by atoms with Gasteiger partial charge in [-0.2, -0.15) is 0 Å². The van der Waals surface area contributed by atoms with Crippen molar-refractivity contribution in [3.63, 3.8) is 0 Å². The van der Waals surface area contributed by atoms with Gasteiger partial charge in [-0.15, -0.1) is 0 Å². The fraction of sp³-hybridized carbons (Fsp3) is 0.462. The van der Waals surface area contributed by atoms with Gasteiger partial charge in [-0.25, -0.2) is 0 Å². The largest absolute Gasteiger partial charge is 0.356 e. The number of amides is 1. The van der Waals surface area contributed by atoms with E-state index in [9.17, 15) is 4.79 Å². The summed E-state index contributed by atoms with van der Waals surface area (Å²) in [5, 5.41) is 5.65. The van der Waals surface area contributed by atoms with Crippen molar-refractivity contribution >= 4 is 5.91 Å². The highest BCUT2D eigenvalue weighted by molar-refractivity contribution is 5.75. The molecule has 0 aromatic rings. The van der Waals surface area contributed by atoms with E-state index in [2.05, 4.69) is 36.5 Å². The van der Waals surface area contributed by atoms with Crippen LogP contribution < -0.4 is 5.32 Å². The molecule has 2 aliphatic carbocycles. The van der Waals surface area contributed by atoms with Gasteiger partial charge in [-0.05, 0) is 16.9 Å². The molecule has 2 aliphatic rings. The summed E-state index contributed by atoms with van der Waals surface area (Å²) in [5.74, 6) is 0.156. The lowest BCUT2D eigenvalue weighted by molar-refractivity contribution is -0.120. The Morgan fingerprint density at radius 2 is 1.67 bits per heavy atom. The van der Waals surface area contributed by atoms with E-state index in [0.717, 1.165) is 19.4 Å². The third kappa shape index (κ3) is 3.74. The average molecular weight is 205 g/mol. The van der Waals surface area contributed by atoms with Gasteiger partial charge in [0.05, 0.1) is 0 Å². The third-order valence-corrected chi connectivity index (χ3v) is 2.39. The first-order valence-corrected chi connectivity index (χ1v) is 5.65. The van der Waals surface area contributed by atoms with Crippen LogP contribution in [-0.2, 0) is 4.79 Å². The van der Waals surface area contributed by atoms with Crippen LogP contribution in [0.15, 0.2) is 24.3 Å². The second-order valence-corrected chi connectivity index (χ2v) is 3.63. The van der Waals surface area contributed by atoms with Gasteiger partial charge in [0, 0.05) is 13.0 Å². The number of benzene rings is 1. The van der Waals surface area contributed by atoms with Crippen molar-refractivity contribution in [3.8, 4) is 0 Å². The summed E-state index contributed by atoms with van der Waals surface area (Å²) in [7, 11) is 0. The Morgan fingerprint density at radius 1 is 1.13 bits per heavy atom. The van der Waals surface area contributed by atoms with Crippen LogP contribution in [0.25, 0.3) is 0 Å². The van der Waals surface area contributed by atoms with Crippen LogP contribution in [0.3, 0.4) is 0 Å². The zero-order valence-electron chi connectivity index (χ0n) is 9.55. The molecule has 0 saturated carbocycles. The maximum absolute atomic E-state index is 10.6. The third-order valence-electron chi connectivity index (χ3n) is 2.39. The van der Waals surface area contributed by atoms with Crippen LogP contribution in [0.4, 0.5) is 0 Å². The lowest BCUT2D eigenvalue weighted by Gasteiger charge is -1.99. The summed E-state index contributed by atoms with van der Waals surface area (Å²) in [5.41, 5.74) is 0. The Kier molecular flexibility index (Phi) is 4.88. The number of unbranched alkanes of at least 4 members (excludes halogenated alkanes) is 1. The maximum atomic E-state index is 10.6. The van der Waals surface area contributed by atoms with E-state index in [1.807, 2.05) is 6.92 Å². The topological polar surface area (TPSA) is 29.1 Å². The van der Waals surface area contributed by atoms with Crippen molar-refractivity contribution in [2.75, 3.05) is 6.54 Å². The van der Waals surface area contributed by atoms with Gasteiger partial charge in [-0.1, -0.05) is 44.5 Å². The molecular weight excluding hydrogens is 186 g/mol. The van der Waals surface area contributed by atoms with Crippen LogP contribution in [0.2, 0.25) is 0 Å². The van der Waals surface area contributed by atoms with E-state index in [4.69, 9.17) is 0 Å². The number of hydrogen-bond acceptors (Lipinski definition) is 1. The van der Waals surface area contributed by atoms with E-state index in [0.29, 0.717) is 6.42 Å². The van der Waals surface area contributed by atoms with Crippen molar-refractivity contribution in [2.24, 2.45) is 0 Å². The normalized spacial score (nSPS) is 10.0. The Balaban J connectivity index is 0.000000158. The van der Waals surface area contributed by atoms with Crippen LogP contribution in [0, 0.1) is 10.4 Å². The fourth-order valence-electron chi connectivity index (χ4n) is 1.19. The van der Waals surface area contributed by atoms with E-state index < -0.39 is 0 Å². The highest BCUT2D eigenvalue weighted by atomic mass is 16.1. The van der Waals surface area contributed by atoms with Crippen molar-refractivity contribution in [2.45, 2.75) is 33.1 Å². The van der Waals surface area contributed by atoms with Crippen molar-refractivity contribution in [3.05, 3.63) is 34.7 Å². The zero-order valence-corrected chi connectivity index (χ0v) is 9.55. The van der Waals surface area contributed by atoms with Crippen molar-refractivity contribution < 1.29 is 4.79 Å². The number of hydrogen-bond donors (Lipinski definition) is 1. The average Bonchev–Trinajstić information content (AvgIpc) is 2.24. The Morgan fingerprint density at radius 3 is 1.93 bits per heavy atom. The van der Waals surface area contributed by atoms with Gasteiger partial charge >= 0.3 is 0 Å². The first-order chi connectivity index (χ1) is 7.27. The molecule has 0 radical (unpaired) electrons. The molecule has 15 heavy (non-hydrogen) atoms. The van der Waals surface area contributed by atoms with Gasteiger partial charge in [-0.3, -0.25) is 4.79 Å². The molecule has 0 aromatic heterocycles. The SMILES string of the molecule is CCCCNC(=O)CC.c1cc2ccc1=2. The molecule has 2 rings (SSSR count). The molecule has 0 heterocycles. The first-order valence-electron chi connectivity index (χ1n) is 5.65. The lowest BCUT2D eigenvalue weighted by atomic mass is 10.1. The molecule has 2 heteroatoms. The van der Waals surface area contributed by atoms with Crippen molar-refractivity contribution in [1.82, 2.24) is 5.32 Å². The summed E-state index contributed by atoms with van der Waals surface area (Å²) in [6.45, 7) is 4.81. The summed E-state index contributed by atoms with van der Waals surface area (Å²) in [4.78, 5) is 10.6. The summed E-state index contributed by atoms with van der Waals surface area (Å²) < 4.78 is 0. The molecular formula is C13H19NO. The predicted molar refractivity (Wildman–Crippen MR) is 62.3 cm³/mol. The number of carbonyl (C=O) groups excluding carboxylic acids is 1. The predicted octanol–water partition coefficient (Wildman–Crippen LogP) is 2.60. The molecule has 1 amide bonds. The molecule has 0 saturated heterocycles. The van der Waals surface area contributed by atoms with Crippen molar-refractivity contribution in [1.29, 1.82) is 0 Å². The van der Waals surface area contributed by atoms with E-state index in [-0.39, 0.29) is 5.91 Å². The van der Waals surface area contributed by atoms with Crippen LogP contribution in [0.5, 0.6) is 0 Å². The molecule has 0 unspecified atom stereocenters. The van der Waals surface area contributed by atoms with Gasteiger partial charge in [0.25, 0.3) is 0 Å². The van der Waals surface area contributed by atoms with Crippen LogP contribution >= 0.6 is 0 Å². The molecule has 0 aliphatic heterocycles. The van der Waals surface area contributed by atoms with Gasteiger partial charge in [0.1, 0.15) is 0 Å². The standard InChI is InChI=1S/C7H15NO.C6H4/c1-3-5-6-8-7(9)4-2;1-2-6-4-3-5(1)6/h3-6H2,1-2H3,(H,8,9);1-4H. The smallest absolute Gasteiger partial charge is 0.219 e. The second-order valence-electron chi connectivity index (χ2n) is 3.63. The molecule has 2 nitrogen and oxygen atoms in total. The van der Waals surface area contributed by atoms with Gasteiger partial charge in [0.15, 0.2) is 0 Å². The highest BCUT2D eigenvalue weighted by Gasteiger charge is 1.92. The summed E-state index contributed by atoms with van der Waals surface area (Å²) >= 11 is 0. The molecule has 0 aromatic carbocycles. The molecule has 0 spiro atoms. The highest BCUT2D eigenvalue weighted by Crippen LogP contribution is 2.04. The first kappa shape index (κ1) is 11.8. The van der Waals surface area contributed by atoms with Crippen LogP contribution in [0.1, 0.15) is 33.1 Å². The molecule has 82 valence electrons. The quantitative estimate of drug-likeness (QED) is 0.764. The monoisotopic (exact) mass is 205 g/mol. The zero-order chi connectivity index (χ0) is 11.1. The summed E-state index contributed by atoms with van der Waals surface area (Å²) in [6.07, 6.45) is 2.83. The number of nitrogens with one attached hydrogen (secondary N) is 1. The van der Waals surface area contributed by atoms with E-state index in [1.54, 1.807) is 0 Å². The maximum Gasteiger partial charge on any atom is 0.219 e.